The van der Waals surface area contributed by atoms with Gasteiger partial charge in [0.05, 0.1) is 24.1 Å². The number of aliphatic hydroxyl groups is 1. The predicted octanol–water partition coefficient (Wildman–Crippen LogP) is 0.299. The molecule has 2 rings (SSSR count). The van der Waals surface area contributed by atoms with Crippen LogP contribution in [0.25, 0.3) is 0 Å². The molecule has 0 bridgehead atoms. The summed E-state index contributed by atoms with van der Waals surface area (Å²) in [5.74, 6) is 0. The zero-order valence-electron chi connectivity index (χ0n) is 9.78. The molecule has 1 saturated carbocycles. The Bertz CT molecular complexity index is 483. The first-order chi connectivity index (χ1) is 8.00. The first-order valence-electron chi connectivity index (χ1n) is 5.71. The zero-order valence-corrected chi connectivity index (χ0v) is 10.6. The summed E-state index contributed by atoms with van der Waals surface area (Å²) in [5.41, 5.74) is 0.520. The van der Waals surface area contributed by atoms with E-state index >= 15 is 0 Å². The van der Waals surface area contributed by atoms with Gasteiger partial charge >= 0.3 is 0 Å². The molecular formula is C10H17N3O3S. The lowest BCUT2D eigenvalue weighted by Crippen LogP contribution is -2.29. The molecule has 1 aromatic heterocycles. The van der Waals surface area contributed by atoms with Crippen LogP contribution in [0.1, 0.15) is 37.4 Å². The Labute approximate surface area is 101 Å². The Morgan fingerprint density at radius 1 is 1.53 bits per heavy atom. The molecule has 0 spiro atoms. The third kappa shape index (κ3) is 2.84. The average Bonchev–Trinajstić information content (AvgIpc) is 2.76. The van der Waals surface area contributed by atoms with Crippen LogP contribution in [-0.2, 0) is 16.4 Å². The number of aromatic nitrogens is 3. The van der Waals surface area contributed by atoms with Crippen LogP contribution in [0.5, 0.6) is 0 Å². The Balaban J connectivity index is 2.12. The summed E-state index contributed by atoms with van der Waals surface area (Å²) in [6, 6.07) is 0.0799. The van der Waals surface area contributed by atoms with E-state index in [0.717, 1.165) is 19.3 Å². The number of nitrogens with zero attached hydrogens (tertiary/aromatic N) is 3. The summed E-state index contributed by atoms with van der Waals surface area (Å²) < 4.78 is 24.8. The highest BCUT2D eigenvalue weighted by Crippen LogP contribution is 2.31. The maximum absolute atomic E-state index is 11.5. The van der Waals surface area contributed by atoms with Crippen LogP contribution in [-0.4, -0.2) is 40.0 Å². The SMILES string of the molecule is CS(=O)(=O)C1CCCC(n2cc(CO)nn2)C1. The van der Waals surface area contributed by atoms with E-state index in [1.807, 2.05) is 0 Å². The third-order valence-electron chi connectivity index (χ3n) is 3.30. The first-order valence-corrected chi connectivity index (χ1v) is 7.66. The van der Waals surface area contributed by atoms with Gasteiger partial charge in [-0.05, 0) is 19.3 Å². The smallest absolute Gasteiger partial charge is 0.150 e. The molecule has 96 valence electrons. The normalized spacial score (nSPS) is 26.0. The van der Waals surface area contributed by atoms with E-state index < -0.39 is 9.84 Å². The number of hydrogen-bond acceptors (Lipinski definition) is 5. The fourth-order valence-electron chi connectivity index (χ4n) is 2.31. The van der Waals surface area contributed by atoms with Crippen molar-refractivity contribution in [1.82, 2.24) is 15.0 Å². The molecule has 2 unspecified atom stereocenters. The van der Waals surface area contributed by atoms with Crippen LogP contribution >= 0.6 is 0 Å². The Hall–Kier alpha value is -0.950. The van der Waals surface area contributed by atoms with Crippen molar-refractivity contribution in [2.45, 2.75) is 43.6 Å². The summed E-state index contributed by atoms with van der Waals surface area (Å²) in [5, 5.41) is 16.4. The topological polar surface area (TPSA) is 85.1 Å². The molecular weight excluding hydrogens is 242 g/mol. The van der Waals surface area contributed by atoms with Gasteiger partial charge in [0, 0.05) is 6.26 Å². The van der Waals surface area contributed by atoms with E-state index in [-0.39, 0.29) is 17.9 Å². The predicted molar refractivity (Wildman–Crippen MR) is 62.1 cm³/mol. The average molecular weight is 259 g/mol. The van der Waals surface area contributed by atoms with E-state index in [1.165, 1.54) is 6.26 Å². The van der Waals surface area contributed by atoms with Crippen LogP contribution in [0.3, 0.4) is 0 Å². The lowest BCUT2D eigenvalue weighted by atomic mass is 9.95. The number of rotatable bonds is 3. The van der Waals surface area contributed by atoms with Crippen molar-refractivity contribution < 1.29 is 13.5 Å². The van der Waals surface area contributed by atoms with Crippen LogP contribution < -0.4 is 0 Å². The molecule has 0 aliphatic heterocycles. The summed E-state index contributed by atoms with van der Waals surface area (Å²) in [4.78, 5) is 0. The van der Waals surface area contributed by atoms with Gasteiger partial charge in [-0.15, -0.1) is 5.10 Å². The zero-order chi connectivity index (χ0) is 12.5. The lowest BCUT2D eigenvalue weighted by molar-refractivity contribution is 0.276. The quantitative estimate of drug-likeness (QED) is 0.843. The second kappa shape index (κ2) is 4.73. The number of aliphatic hydroxyl groups excluding tert-OH is 1. The highest BCUT2D eigenvalue weighted by Gasteiger charge is 2.30. The number of hydrogen-bond donors (Lipinski definition) is 1. The molecule has 0 amide bonds. The van der Waals surface area contributed by atoms with Crippen molar-refractivity contribution in [2.24, 2.45) is 0 Å². The fourth-order valence-corrected chi connectivity index (χ4v) is 3.48. The molecule has 0 radical (unpaired) electrons. The maximum Gasteiger partial charge on any atom is 0.150 e. The van der Waals surface area contributed by atoms with Crippen molar-refractivity contribution in [3.05, 3.63) is 11.9 Å². The molecule has 0 saturated heterocycles. The van der Waals surface area contributed by atoms with E-state index in [4.69, 9.17) is 5.11 Å². The largest absolute Gasteiger partial charge is 0.390 e. The van der Waals surface area contributed by atoms with Gasteiger partial charge in [0.15, 0.2) is 0 Å². The summed E-state index contributed by atoms with van der Waals surface area (Å²) in [6.45, 7) is -0.137. The van der Waals surface area contributed by atoms with Crippen molar-refractivity contribution in [3.8, 4) is 0 Å². The first kappa shape index (κ1) is 12.5. The van der Waals surface area contributed by atoms with Crippen molar-refractivity contribution >= 4 is 9.84 Å². The van der Waals surface area contributed by atoms with Gasteiger partial charge in [-0.1, -0.05) is 11.6 Å². The molecule has 6 nitrogen and oxygen atoms in total. The van der Waals surface area contributed by atoms with Crippen LogP contribution in [0.4, 0.5) is 0 Å². The second-order valence-electron chi connectivity index (χ2n) is 4.62. The van der Waals surface area contributed by atoms with Crippen LogP contribution in [0.15, 0.2) is 6.20 Å². The van der Waals surface area contributed by atoms with E-state index in [2.05, 4.69) is 10.3 Å². The molecule has 7 heteroatoms. The molecule has 1 aromatic rings. The van der Waals surface area contributed by atoms with Gasteiger partial charge in [0.1, 0.15) is 15.5 Å². The number of sulfone groups is 1. The second-order valence-corrected chi connectivity index (χ2v) is 6.95. The van der Waals surface area contributed by atoms with Gasteiger partial charge < -0.3 is 5.11 Å². The standard InChI is InChI=1S/C10H17N3O3S/c1-17(15,16)10-4-2-3-9(5-10)13-6-8(7-14)11-12-13/h6,9-10,14H,2-5,7H2,1H3. The molecule has 0 aromatic carbocycles. The minimum absolute atomic E-state index is 0.0799. The van der Waals surface area contributed by atoms with Gasteiger partial charge in [0.25, 0.3) is 0 Å². The molecule has 1 aliphatic rings. The molecule has 1 heterocycles. The van der Waals surface area contributed by atoms with Crippen molar-refractivity contribution in [3.63, 3.8) is 0 Å². The van der Waals surface area contributed by atoms with Gasteiger partial charge in [-0.25, -0.2) is 13.1 Å². The Morgan fingerprint density at radius 2 is 2.29 bits per heavy atom. The minimum atomic E-state index is -2.98. The van der Waals surface area contributed by atoms with E-state index in [0.29, 0.717) is 12.1 Å². The molecule has 1 N–H and O–H groups in total. The molecule has 1 fully saturated rings. The van der Waals surface area contributed by atoms with Crippen LogP contribution in [0.2, 0.25) is 0 Å². The minimum Gasteiger partial charge on any atom is -0.390 e. The van der Waals surface area contributed by atoms with Crippen LogP contribution in [0, 0.1) is 0 Å². The molecule has 1 aliphatic carbocycles. The van der Waals surface area contributed by atoms with E-state index in [1.54, 1.807) is 10.9 Å². The van der Waals surface area contributed by atoms with Gasteiger partial charge in [-0.3, -0.25) is 0 Å². The highest BCUT2D eigenvalue weighted by atomic mass is 32.2. The monoisotopic (exact) mass is 259 g/mol. The maximum atomic E-state index is 11.5. The highest BCUT2D eigenvalue weighted by molar-refractivity contribution is 7.91. The third-order valence-corrected chi connectivity index (χ3v) is 4.94. The van der Waals surface area contributed by atoms with E-state index in [9.17, 15) is 8.42 Å². The lowest BCUT2D eigenvalue weighted by Gasteiger charge is -2.27. The van der Waals surface area contributed by atoms with Crippen molar-refractivity contribution in [2.75, 3.05) is 6.26 Å². The summed E-state index contributed by atoms with van der Waals surface area (Å²) in [7, 11) is -2.98. The van der Waals surface area contributed by atoms with Gasteiger partial charge in [-0.2, -0.15) is 0 Å². The van der Waals surface area contributed by atoms with Crippen molar-refractivity contribution in [1.29, 1.82) is 0 Å². The van der Waals surface area contributed by atoms with Gasteiger partial charge in [0.2, 0.25) is 0 Å². The summed E-state index contributed by atoms with van der Waals surface area (Å²) >= 11 is 0. The molecule has 2 atom stereocenters. The molecule has 17 heavy (non-hydrogen) atoms. The Kier molecular flexibility index (Phi) is 3.48. The summed E-state index contributed by atoms with van der Waals surface area (Å²) in [6.07, 6.45) is 6.11. The fraction of sp³-hybridized carbons (Fsp3) is 0.800. The Morgan fingerprint density at radius 3 is 2.88 bits per heavy atom.